The number of hydrogen-bond acceptors (Lipinski definition) is 2. The fourth-order valence-electron chi connectivity index (χ4n) is 2.36. The number of rotatable bonds is 6. The molecule has 25 heavy (non-hydrogen) atoms. The Morgan fingerprint density at radius 1 is 1.16 bits per heavy atom. The Morgan fingerprint density at radius 3 is 2.40 bits per heavy atom. The van der Waals surface area contributed by atoms with Gasteiger partial charge in [-0.25, -0.2) is 0 Å². The number of aliphatic imine (C=N–C) groups is 1. The monoisotopic (exact) mass is 334 g/mol. The Bertz CT molecular complexity index is 735. The quantitative estimate of drug-likeness (QED) is 0.400. The van der Waals surface area contributed by atoms with Gasteiger partial charge in [-0.2, -0.15) is 0 Å². The standard InChI is InChI=1S/C23H30N2/c1-6-9-15-21(17-16-20-13-11-10-12-14-20)22(19(5)25-8-3)23(24)18(4)7-2/h8,10-15H,6-7,9,24H2,1-5H3/b21-15-,22-19-,23-18-,25-8?. The molecule has 0 bridgehead atoms. The summed E-state index contributed by atoms with van der Waals surface area (Å²) >= 11 is 0. The van der Waals surface area contributed by atoms with Gasteiger partial charge in [-0.15, -0.1) is 0 Å². The first-order chi connectivity index (χ1) is 12.0. The van der Waals surface area contributed by atoms with E-state index in [9.17, 15) is 0 Å². The molecule has 0 aliphatic rings. The molecule has 0 aromatic heterocycles. The second-order valence-electron chi connectivity index (χ2n) is 5.92. The van der Waals surface area contributed by atoms with Gasteiger partial charge in [-0.05, 0) is 51.3 Å². The fraction of sp³-hybridized carbons (Fsp3) is 0.348. The van der Waals surface area contributed by atoms with Crippen molar-refractivity contribution in [3.05, 3.63) is 70.1 Å². The molecule has 2 heteroatoms. The first-order valence-electron chi connectivity index (χ1n) is 8.97. The van der Waals surface area contributed by atoms with Crippen LogP contribution < -0.4 is 5.73 Å². The number of allylic oxidation sites excluding steroid dienone is 4. The summed E-state index contributed by atoms with van der Waals surface area (Å²) in [7, 11) is 0. The van der Waals surface area contributed by atoms with E-state index < -0.39 is 0 Å². The molecule has 0 amide bonds. The van der Waals surface area contributed by atoms with E-state index in [0.29, 0.717) is 0 Å². The SMILES string of the molecule is CC=N/C(C)=C(C(/C#Cc1ccccc1)=C\CCC)\C(N)=C(/C)CC. The maximum Gasteiger partial charge on any atom is 0.0474 e. The van der Waals surface area contributed by atoms with Crippen molar-refractivity contribution in [1.82, 2.24) is 0 Å². The van der Waals surface area contributed by atoms with Crippen LogP contribution in [-0.2, 0) is 0 Å². The van der Waals surface area contributed by atoms with Crippen molar-refractivity contribution in [3.63, 3.8) is 0 Å². The van der Waals surface area contributed by atoms with Crippen molar-refractivity contribution in [1.29, 1.82) is 0 Å². The van der Waals surface area contributed by atoms with Crippen molar-refractivity contribution in [2.45, 2.75) is 53.9 Å². The van der Waals surface area contributed by atoms with E-state index in [-0.39, 0.29) is 0 Å². The molecule has 0 unspecified atom stereocenters. The van der Waals surface area contributed by atoms with Crippen molar-refractivity contribution in [3.8, 4) is 11.8 Å². The molecule has 0 atom stereocenters. The Balaban J connectivity index is 3.52. The van der Waals surface area contributed by atoms with Gasteiger partial charge in [0, 0.05) is 34.3 Å². The molecule has 0 aliphatic carbocycles. The molecule has 0 fully saturated rings. The van der Waals surface area contributed by atoms with Crippen molar-refractivity contribution >= 4 is 6.21 Å². The van der Waals surface area contributed by atoms with Gasteiger partial charge >= 0.3 is 0 Å². The van der Waals surface area contributed by atoms with E-state index in [2.05, 4.69) is 43.7 Å². The van der Waals surface area contributed by atoms with E-state index in [1.807, 2.05) is 44.2 Å². The summed E-state index contributed by atoms with van der Waals surface area (Å²) in [6.07, 6.45) is 6.91. The molecule has 1 rings (SSSR count). The van der Waals surface area contributed by atoms with Crippen molar-refractivity contribution in [2.24, 2.45) is 10.7 Å². The molecule has 132 valence electrons. The second kappa shape index (κ2) is 11.1. The van der Waals surface area contributed by atoms with Crippen LogP contribution in [0.1, 0.15) is 59.4 Å². The van der Waals surface area contributed by atoms with Gasteiger partial charge in [-0.1, -0.05) is 56.4 Å². The molecule has 0 aliphatic heterocycles. The van der Waals surface area contributed by atoms with E-state index in [4.69, 9.17) is 5.73 Å². The van der Waals surface area contributed by atoms with Gasteiger partial charge in [0.15, 0.2) is 0 Å². The number of benzene rings is 1. The van der Waals surface area contributed by atoms with E-state index in [1.54, 1.807) is 6.21 Å². The summed E-state index contributed by atoms with van der Waals surface area (Å²) in [5.74, 6) is 6.60. The normalized spacial score (nSPS) is 13.9. The van der Waals surface area contributed by atoms with Crippen LogP contribution in [0.4, 0.5) is 0 Å². The second-order valence-corrected chi connectivity index (χ2v) is 5.92. The van der Waals surface area contributed by atoms with Crippen LogP contribution in [0.3, 0.4) is 0 Å². The number of nitrogens with zero attached hydrogens (tertiary/aromatic N) is 1. The Kier molecular flexibility index (Phi) is 9.11. The summed E-state index contributed by atoms with van der Waals surface area (Å²) in [5, 5.41) is 0. The van der Waals surface area contributed by atoms with Gasteiger partial charge < -0.3 is 5.73 Å². The summed E-state index contributed by atoms with van der Waals surface area (Å²) in [5.41, 5.74) is 12.2. The van der Waals surface area contributed by atoms with E-state index >= 15 is 0 Å². The average Bonchev–Trinajstić information content (AvgIpc) is 2.63. The predicted molar refractivity (Wildman–Crippen MR) is 110 cm³/mol. The summed E-state index contributed by atoms with van der Waals surface area (Å²) < 4.78 is 0. The molecule has 2 N–H and O–H groups in total. The summed E-state index contributed by atoms with van der Waals surface area (Å²) in [6.45, 7) is 10.3. The van der Waals surface area contributed by atoms with Crippen LogP contribution in [0, 0.1) is 11.8 Å². The number of hydrogen-bond donors (Lipinski definition) is 1. The third-order valence-electron chi connectivity index (χ3n) is 3.97. The third kappa shape index (κ3) is 6.47. The average molecular weight is 335 g/mol. The van der Waals surface area contributed by atoms with Crippen LogP contribution >= 0.6 is 0 Å². The lowest BCUT2D eigenvalue weighted by atomic mass is 9.96. The molecular formula is C23H30N2. The van der Waals surface area contributed by atoms with Gasteiger partial charge in [0.25, 0.3) is 0 Å². The highest BCUT2D eigenvalue weighted by Gasteiger charge is 2.12. The van der Waals surface area contributed by atoms with Gasteiger partial charge in [0.05, 0.1) is 0 Å². The highest BCUT2D eigenvalue weighted by atomic mass is 14.7. The highest BCUT2D eigenvalue weighted by molar-refractivity contribution is 5.62. The molecule has 0 radical (unpaired) electrons. The molecular weight excluding hydrogens is 304 g/mol. The van der Waals surface area contributed by atoms with Gasteiger partial charge in [0.1, 0.15) is 0 Å². The van der Waals surface area contributed by atoms with Crippen LogP contribution in [0.5, 0.6) is 0 Å². The lowest BCUT2D eigenvalue weighted by Crippen LogP contribution is -2.08. The molecule has 0 saturated heterocycles. The minimum atomic E-state index is 0.787. The maximum atomic E-state index is 6.48. The predicted octanol–water partition coefficient (Wildman–Crippen LogP) is 5.77. The molecule has 0 spiro atoms. The Morgan fingerprint density at radius 2 is 1.84 bits per heavy atom. The summed E-state index contributed by atoms with van der Waals surface area (Å²) in [6, 6.07) is 10.0. The van der Waals surface area contributed by atoms with Crippen LogP contribution in [-0.4, -0.2) is 6.21 Å². The number of unbranched alkanes of at least 4 members (excludes halogenated alkanes) is 1. The Labute approximate surface area is 153 Å². The molecule has 0 heterocycles. The summed E-state index contributed by atoms with van der Waals surface area (Å²) in [4.78, 5) is 4.48. The molecule has 1 aromatic rings. The largest absolute Gasteiger partial charge is 0.398 e. The smallest absolute Gasteiger partial charge is 0.0474 e. The van der Waals surface area contributed by atoms with E-state index in [0.717, 1.165) is 52.9 Å². The minimum absolute atomic E-state index is 0.787. The zero-order valence-electron chi connectivity index (χ0n) is 16.2. The van der Waals surface area contributed by atoms with E-state index in [1.165, 1.54) is 0 Å². The fourth-order valence-corrected chi connectivity index (χ4v) is 2.36. The van der Waals surface area contributed by atoms with Gasteiger partial charge in [0.2, 0.25) is 0 Å². The topological polar surface area (TPSA) is 38.4 Å². The van der Waals surface area contributed by atoms with Crippen LogP contribution in [0.25, 0.3) is 0 Å². The van der Waals surface area contributed by atoms with Crippen molar-refractivity contribution in [2.75, 3.05) is 0 Å². The van der Waals surface area contributed by atoms with Gasteiger partial charge in [-0.3, -0.25) is 4.99 Å². The molecule has 0 saturated carbocycles. The van der Waals surface area contributed by atoms with Crippen LogP contribution in [0.2, 0.25) is 0 Å². The minimum Gasteiger partial charge on any atom is -0.398 e. The lowest BCUT2D eigenvalue weighted by Gasteiger charge is -2.13. The Hall–Kier alpha value is -2.53. The highest BCUT2D eigenvalue weighted by Crippen LogP contribution is 2.25. The maximum absolute atomic E-state index is 6.48. The zero-order chi connectivity index (χ0) is 18.7. The zero-order valence-corrected chi connectivity index (χ0v) is 16.2. The first-order valence-corrected chi connectivity index (χ1v) is 8.97. The lowest BCUT2D eigenvalue weighted by molar-refractivity contribution is 0.951. The third-order valence-corrected chi connectivity index (χ3v) is 3.97. The van der Waals surface area contributed by atoms with Crippen LogP contribution in [0.15, 0.2) is 69.5 Å². The molecule has 1 aromatic carbocycles. The molecule has 2 nitrogen and oxygen atoms in total. The number of nitrogens with two attached hydrogens (primary N) is 1. The first kappa shape index (κ1) is 20.5. The van der Waals surface area contributed by atoms with Crippen molar-refractivity contribution < 1.29 is 0 Å².